The lowest BCUT2D eigenvalue weighted by atomic mass is 10.3. The van der Waals surface area contributed by atoms with Crippen molar-refractivity contribution >= 4 is 39.6 Å². The number of amides is 1. The van der Waals surface area contributed by atoms with Crippen molar-refractivity contribution in [2.45, 2.75) is 32.4 Å². The Balaban J connectivity index is 1.72. The van der Waals surface area contributed by atoms with E-state index in [1.165, 1.54) is 11.5 Å². The van der Waals surface area contributed by atoms with Gasteiger partial charge in [0.25, 0.3) is 5.91 Å². The lowest BCUT2D eigenvalue weighted by Gasteiger charge is -2.07. The predicted octanol–water partition coefficient (Wildman–Crippen LogP) is 1.99. The third-order valence-corrected chi connectivity index (χ3v) is 4.87. The summed E-state index contributed by atoms with van der Waals surface area (Å²) in [7, 11) is 0. The number of nitrogens with one attached hydrogen (secondary N) is 2. The maximum atomic E-state index is 12.2. The third-order valence-electron chi connectivity index (χ3n) is 3.11. The van der Waals surface area contributed by atoms with Crippen molar-refractivity contribution in [2.24, 2.45) is 0 Å². The average Bonchev–Trinajstić information content (AvgIpc) is 3.00. The van der Waals surface area contributed by atoms with E-state index < -0.39 is 0 Å². The molecule has 2 aromatic rings. The van der Waals surface area contributed by atoms with Crippen LogP contribution in [0.15, 0.2) is 5.51 Å². The highest BCUT2D eigenvalue weighted by molar-refractivity contribution is 7.11. The Kier molecular flexibility index (Phi) is 3.58. The van der Waals surface area contributed by atoms with Gasteiger partial charge in [-0.05, 0) is 31.3 Å². The Morgan fingerprint density at radius 3 is 3.00 bits per heavy atom. The van der Waals surface area contributed by atoms with Gasteiger partial charge in [-0.1, -0.05) is 0 Å². The van der Waals surface area contributed by atoms with E-state index in [0.717, 1.165) is 23.4 Å². The molecule has 0 unspecified atom stereocenters. The molecule has 1 saturated carbocycles. The molecule has 1 aliphatic carbocycles. The van der Waals surface area contributed by atoms with Crippen LogP contribution in [0.2, 0.25) is 0 Å². The fraction of sp³-hybridized carbons (Fsp3) is 0.417. The number of nitrogens with two attached hydrogens (primary N) is 1. The Morgan fingerprint density at radius 2 is 2.35 bits per heavy atom. The van der Waals surface area contributed by atoms with Crippen LogP contribution in [0, 0.1) is 6.92 Å². The number of nitrogen functional groups attached to an aromatic ring is 1. The van der Waals surface area contributed by atoms with Gasteiger partial charge in [0.1, 0.15) is 10.6 Å². The molecular formula is C12H15N5OS2. The van der Waals surface area contributed by atoms with E-state index in [1.807, 2.05) is 12.4 Å². The summed E-state index contributed by atoms with van der Waals surface area (Å²) in [4.78, 5) is 17.5. The fourth-order valence-electron chi connectivity index (χ4n) is 1.78. The van der Waals surface area contributed by atoms with Crippen LogP contribution in [-0.4, -0.2) is 21.3 Å². The lowest BCUT2D eigenvalue weighted by Crippen LogP contribution is -2.26. The van der Waals surface area contributed by atoms with E-state index in [-0.39, 0.29) is 11.7 Å². The lowest BCUT2D eigenvalue weighted by molar-refractivity contribution is 0.0953. The quantitative estimate of drug-likeness (QED) is 0.785. The van der Waals surface area contributed by atoms with Crippen molar-refractivity contribution in [1.29, 1.82) is 0 Å². The minimum absolute atomic E-state index is 0.137. The summed E-state index contributed by atoms with van der Waals surface area (Å²) < 4.78 is 4.07. The summed E-state index contributed by atoms with van der Waals surface area (Å²) in [5.74, 6) is 0.152. The van der Waals surface area contributed by atoms with Crippen molar-refractivity contribution < 1.29 is 4.79 Å². The fourth-order valence-corrected chi connectivity index (χ4v) is 3.21. The third kappa shape index (κ3) is 2.75. The summed E-state index contributed by atoms with van der Waals surface area (Å²) in [6.07, 6.45) is 2.10. The number of rotatable bonds is 5. The van der Waals surface area contributed by atoms with Gasteiger partial charge in [0, 0.05) is 10.9 Å². The van der Waals surface area contributed by atoms with E-state index in [4.69, 9.17) is 5.73 Å². The molecule has 0 radical (unpaired) electrons. The van der Waals surface area contributed by atoms with Gasteiger partial charge in [-0.25, -0.2) is 4.98 Å². The van der Waals surface area contributed by atoms with Gasteiger partial charge in [0.05, 0.1) is 17.7 Å². The van der Waals surface area contributed by atoms with Gasteiger partial charge in [0.15, 0.2) is 5.82 Å². The van der Waals surface area contributed by atoms with Gasteiger partial charge in [0.2, 0.25) is 0 Å². The Hall–Kier alpha value is -1.67. The molecule has 0 bridgehead atoms. The van der Waals surface area contributed by atoms with E-state index in [0.29, 0.717) is 23.2 Å². The molecule has 20 heavy (non-hydrogen) atoms. The number of hydrogen-bond donors (Lipinski definition) is 3. The van der Waals surface area contributed by atoms with Crippen molar-refractivity contribution in [1.82, 2.24) is 14.7 Å². The average molecular weight is 309 g/mol. The summed E-state index contributed by atoms with van der Waals surface area (Å²) >= 11 is 2.81. The molecule has 2 aromatic heterocycles. The summed E-state index contributed by atoms with van der Waals surface area (Å²) in [6, 6.07) is 0.304. The first-order valence-corrected chi connectivity index (χ1v) is 7.99. The van der Waals surface area contributed by atoms with Crippen LogP contribution in [-0.2, 0) is 6.54 Å². The van der Waals surface area contributed by atoms with E-state index >= 15 is 0 Å². The molecule has 2 heterocycles. The summed E-state index contributed by atoms with van der Waals surface area (Å²) in [5, 5.41) is 6.89. The molecule has 0 aromatic carbocycles. The second kappa shape index (κ2) is 5.37. The van der Waals surface area contributed by atoms with E-state index in [9.17, 15) is 4.79 Å². The summed E-state index contributed by atoms with van der Waals surface area (Å²) in [5.41, 5.74) is 9.09. The van der Waals surface area contributed by atoms with Crippen LogP contribution in [0.4, 0.5) is 10.8 Å². The maximum Gasteiger partial charge on any atom is 0.258 e. The number of nitrogens with zero attached hydrogens (tertiary/aromatic N) is 2. The zero-order valence-electron chi connectivity index (χ0n) is 11.0. The van der Waals surface area contributed by atoms with Gasteiger partial charge < -0.3 is 16.4 Å². The number of aromatic nitrogens is 2. The zero-order chi connectivity index (χ0) is 14.1. The first-order valence-electron chi connectivity index (χ1n) is 6.34. The van der Waals surface area contributed by atoms with Crippen molar-refractivity contribution in [3.63, 3.8) is 0 Å². The van der Waals surface area contributed by atoms with Gasteiger partial charge in [-0.3, -0.25) is 4.79 Å². The molecule has 1 fully saturated rings. The molecule has 6 nitrogen and oxygen atoms in total. The molecule has 1 aliphatic rings. The second-order valence-electron chi connectivity index (χ2n) is 4.73. The number of carbonyl (C=O) groups excluding carboxylic acids is 1. The molecule has 8 heteroatoms. The highest BCUT2D eigenvalue weighted by Gasteiger charge is 2.27. The smallest absolute Gasteiger partial charge is 0.258 e. The van der Waals surface area contributed by atoms with Crippen molar-refractivity contribution in [2.75, 3.05) is 11.1 Å². The molecule has 3 rings (SSSR count). The van der Waals surface area contributed by atoms with Gasteiger partial charge in [-0.2, -0.15) is 4.37 Å². The normalized spacial score (nSPS) is 14.2. The Bertz CT molecular complexity index is 632. The topological polar surface area (TPSA) is 92.9 Å². The zero-order valence-corrected chi connectivity index (χ0v) is 12.6. The molecular weight excluding hydrogens is 294 g/mol. The molecule has 106 valence electrons. The van der Waals surface area contributed by atoms with Gasteiger partial charge in [-0.15, -0.1) is 11.3 Å². The highest BCUT2D eigenvalue weighted by Crippen LogP contribution is 2.29. The van der Waals surface area contributed by atoms with Crippen LogP contribution in [0.1, 0.15) is 33.8 Å². The monoisotopic (exact) mass is 309 g/mol. The number of anilines is 2. The highest BCUT2D eigenvalue weighted by atomic mass is 32.1. The van der Waals surface area contributed by atoms with Crippen molar-refractivity contribution in [3.05, 3.63) is 21.6 Å². The number of aryl methyl sites for hydroxylation is 1. The molecule has 0 atom stereocenters. The van der Waals surface area contributed by atoms with Crippen LogP contribution in [0.5, 0.6) is 0 Å². The van der Waals surface area contributed by atoms with Crippen LogP contribution in [0.3, 0.4) is 0 Å². The maximum absolute atomic E-state index is 12.2. The first-order chi connectivity index (χ1) is 9.65. The largest absolute Gasteiger partial charge is 0.382 e. The SMILES string of the molecule is Cc1ncsc1CNc1snc(N)c1C(=O)NC1CC1. The standard InChI is InChI=1S/C12H15N5OS2/c1-6-8(19-5-15-6)4-14-12-9(10(13)17-20-12)11(18)16-7-2-3-7/h5,7,14H,2-4H2,1H3,(H2,13,17)(H,16,18). The second-order valence-corrected chi connectivity index (χ2v) is 6.45. The molecule has 1 amide bonds. The minimum atomic E-state index is -0.137. The number of hydrogen-bond acceptors (Lipinski definition) is 7. The first kappa shape index (κ1) is 13.3. The Labute approximate surface area is 124 Å². The van der Waals surface area contributed by atoms with E-state index in [2.05, 4.69) is 20.0 Å². The Morgan fingerprint density at radius 1 is 1.55 bits per heavy atom. The van der Waals surface area contributed by atoms with Crippen LogP contribution >= 0.6 is 22.9 Å². The number of carbonyl (C=O) groups is 1. The van der Waals surface area contributed by atoms with Gasteiger partial charge >= 0.3 is 0 Å². The molecule has 0 spiro atoms. The summed E-state index contributed by atoms with van der Waals surface area (Å²) in [6.45, 7) is 2.59. The van der Waals surface area contributed by atoms with Crippen molar-refractivity contribution in [3.8, 4) is 0 Å². The minimum Gasteiger partial charge on any atom is -0.382 e. The van der Waals surface area contributed by atoms with E-state index in [1.54, 1.807) is 11.3 Å². The van der Waals surface area contributed by atoms with Crippen LogP contribution < -0.4 is 16.4 Å². The molecule has 0 saturated heterocycles. The number of thiazole rings is 1. The molecule has 0 aliphatic heterocycles. The van der Waals surface area contributed by atoms with Crippen LogP contribution in [0.25, 0.3) is 0 Å². The molecule has 4 N–H and O–H groups in total. The predicted molar refractivity (Wildman–Crippen MR) is 81.2 cm³/mol.